The minimum atomic E-state index is -1.36. The van der Waals surface area contributed by atoms with E-state index in [1.54, 1.807) is 0 Å². The number of fused-ring (bicyclic) bond motifs is 1. The number of Topliss-reactive ketones (excluding diaryl/α,β-unsaturated/α-hetero) is 1. The molecular formula is C20H28O5. The molecule has 3 fully saturated rings. The van der Waals surface area contributed by atoms with Crippen LogP contribution in [0.15, 0.2) is 11.6 Å². The third-order valence-electron chi connectivity index (χ3n) is 7.93. The molecule has 25 heavy (non-hydrogen) atoms. The van der Waals surface area contributed by atoms with E-state index >= 15 is 0 Å². The molecule has 2 saturated heterocycles. The lowest BCUT2D eigenvalue weighted by molar-refractivity contribution is -0.148. The molecule has 0 aromatic carbocycles. The number of aliphatic hydroxyl groups excluding tert-OH is 1. The minimum Gasteiger partial charge on any atom is -0.362 e. The second kappa shape index (κ2) is 5.48. The number of aliphatic hydroxyl groups is 1. The molecule has 2 aliphatic heterocycles. The summed E-state index contributed by atoms with van der Waals surface area (Å²) in [4.78, 5) is 23.9. The van der Waals surface area contributed by atoms with Crippen LogP contribution in [0.1, 0.15) is 52.9 Å². The van der Waals surface area contributed by atoms with Gasteiger partial charge in [-0.15, -0.1) is 0 Å². The van der Waals surface area contributed by atoms with Gasteiger partial charge >= 0.3 is 0 Å². The first-order valence-electron chi connectivity index (χ1n) is 9.45. The summed E-state index contributed by atoms with van der Waals surface area (Å²) in [5, 5.41) is 9.88. The largest absolute Gasteiger partial charge is 0.362 e. The van der Waals surface area contributed by atoms with Crippen molar-refractivity contribution >= 4 is 12.1 Å². The summed E-state index contributed by atoms with van der Waals surface area (Å²) in [6, 6.07) is 0. The molecule has 1 spiro atoms. The van der Waals surface area contributed by atoms with E-state index in [9.17, 15) is 14.7 Å². The minimum absolute atomic E-state index is 0.0660. The smallest absolute Gasteiger partial charge is 0.225 e. The maximum Gasteiger partial charge on any atom is 0.225 e. The number of carbonyl (C=O) groups is 2. The quantitative estimate of drug-likeness (QED) is 0.626. The Labute approximate surface area is 148 Å². The van der Waals surface area contributed by atoms with E-state index in [0.717, 1.165) is 37.5 Å². The van der Waals surface area contributed by atoms with Crippen LogP contribution in [0, 0.1) is 22.7 Å². The Morgan fingerprint density at radius 1 is 1.36 bits per heavy atom. The van der Waals surface area contributed by atoms with Crippen molar-refractivity contribution in [3.05, 3.63) is 11.6 Å². The van der Waals surface area contributed by atoms with Gasteiger partial charge in [0.25, 0.3) is 0 Å². The van der Waals surface area contributed by atoms with Crippen molar-refractivity contribution in [2.24, 2.45) is 22.7 Å². The van der Waals surface area contributed by atoms with Crippen LogP contribution in [0.4, 0.5) is 0 Å². The van der Waals surface area contributed by atoms with Crippen molar-refractivity contribution in [1.29, 1.82) is 0 Å². The van der Waals surface area contributed by atoms with Crippen molar-refractivity contribution in [2.75, 3.05) is 6.61 Å². The molecule has 2 heterocycles. The highest BCUT2D eigenvalue weighted by molar-refractivity contribution is 5.94. The number of epoxide rings is 1. The van der Waals surface area contributed by atoms with Crippen molar-refractivity contribution in [3.63, 3.8) is 0 Å². The van der Waals surface area contributed by atoms with Crippen LogP contribution in [-0.2, 0) is 19.1 Å². The van der Waals surface area contributed by atoms with Crippen LogP contribution in [0.3, 0.4) is 0 Å². The van der Waals surface area contributed by atoms with Gasteiger partial charge in [-0.1, -0.05) is 26.8 Å². The van der Waals surface area contributed by atoms with E-state index in [1.165, 1.54) is 0 Å². The molecule has 0 bridgehead atoms. The van der Waals surface area contributed by atoms with Gasteiger partial charge in [-0.05, 0) is 60.3 Å². The molecule has 0 aromatic heterocycles. The average molecular weight is 348 g/mol. The average Bonchev–Trinajstić information content (AvgIpc) is 3.35. The topological polar surface area (TPSA) is 76.1 Å². The molecule has 7 atom stereocenters. The molecular weight excluding hydrogens is 320 g/mol. The summed E-state index contributed by atoms with van der Waals surface area (Å²) in [7, 11) is 0. The maximum absolute atomic E-state index is 12.2. The fourth-order valence-corrected chi connectivity index (χ4v) is 5.96. The summed E-state index contributed by atoms with van der Waals surface area (Å²) in [5.41, 5.74) is -0.167. The Morgan fingerprint density at radius 3 is 2.72 bits per heavy atom. The first kappa shape index (κ1) is 17.4. The van der Waals surface area contributed by atoms with Crippen LogP contribution in [0.5, 0.6) is 0 Å². The van der Waals surface area contributed by atoms with Gasteiger partial charge in [-0.3, -0.25) is 9.59 Å². The predicted molar refractivity (Wildman–Crippen MR) is 90.7 cm³/mol. The fourth-order valence-electron chi connectivity index (χ4n) is 5.96. The van der Waals surface area contributed by atoms with Gasteiger partial charge in [0.2, 0.25) is 12.1 Å². The van der Waals surface area contributed by atoms with Crippen molar-refractivity contribution in [2.45, 2.75) is 70.9 Å². The van der Waals surface area contributed by atoms with Crippen molar-refractivity contribution < 1.29 is 24.2 Å². The van der Waals surface area contributed by atoms with E-state index in [-0.39, 0.29) is 16.6 Å². The molecule has 1 N–H and O–H groups in total. The first-order valence-corrected chi connectivity index (χ1v) is 9.45. The second-order valence-electron chi connectivity index (χ2n) is 8.99. The zero-order valence-corrected chi connectivity index (χ0v) is 15.3. The predicted octanol–water partition coefficient (Wildman–Crippen LogP) is 2.41. The van der Waals surface area contributed by atoms with Gasteiger partial charge in [0.05, 0.1) is 6.61 Å². The zero-order chi connectivity index (χ0) is 18.0. The number of carbonyl (C=O) groups excluding carboxylic acids is 2. The van der Waals surface area contributed by atoms with E-state index in [4.69, 9.17) is 9.47 Å². The maximum atomic E-state index is 12.2. The highest BCUT2D eigenvalue weighted by atomic mass is 16.7. The molecule has 2 aliphatic carbocycles. The van der Waals surface area contributed by atoms with Crippen LogP contribution in [0.2, 0.25) is 0 Å². The molecule has 5 heteroatoms. The Bertz CT molecular complexity index is 636. The Hall–Kier alpha value is -1.04. The lowest BCUT2D eigenvalue weighted by atomic mass is 9.46. The highest BCUT2D eigenvalue weighted by Gasteiger charge is 2.68. The number of aldehydes is 1. The van der Waals surface area contributed by atoms with Crippen LogP contribution >= 0.6 is 0 Å². The van der Waals surface area contributed by atoms with Gasteiger partial charge in [-0.2, -0.15) is 0 Å². The van der Waals surface area contributed by atoms with E-state index in [1.807, 2.05) is 0 Å². The summed E-state index contributed by atoms with van der Waals surface area (Å²) in [6.45, 7) is 7.12. The first-order chi connectivity index (χ1) is 11.8. The molecule has 1 saturated carbocycles. The van der Waals surface area contributed by atoms with Crippen LogP contribution < -0.4 is 0 Å². The molecule has 4 aliphatic rings. The highest BCUT2D eigenvalue weighted by Crippen LogP contribution is 2.62. The molecule has 5 nitrogen and oxygen atoms in total. The summed E-state index contributed by atoms with van der Waals surface area (Å²) in [5.74, 6) is 0.495. The Balaban J connectivity index is 1.66. The number of hydrogen-bond acceptors (Lipinski definition) is 5. The number of hydrogen-bond donors (Lipinski definition) is 1. The number of rotatable bonds is 3. The van der Waals surface area contributed by atoms with Crippen LogP contribution in [-0.4, -0.2) is 41.8 Å². The molecule has 0 radical (unpaired) electrons. The van der Waals surface area contributed by atoms with E-state index < -0.39 is 18.0 Å². The third kappa shape index (κ3) is 2.25. The lowest BCUT2D eigenvalue weighted by Gasteiger charge is -2.58. The van der Waals surface area contributed by atoms with Gasteiger partial charge in [0.1, 0.15) is 12.4 Å². The number of ketones is 1. The van der Waals surface area contributed by atoms with Crippen molar-refractivity contribution in [3.8, 4) is 0 Å². The lowest BCUT2D eigenvalue weighted by Crippen LogP contribution is -2.52. The standard InChI is InChI=1S/C20H28O5/c1-12-7-8-18(2)13(10-21)5-4-6-14(18)19(12,3)9-15-20(11-24-20)16(22)17(23)25-15/h5,10,12,14-15,17,23H,4,6-9,11H2,1-3H3. The molecule has 4 rings (SSSR count). The van der Waals surface area contributed by atoms with Gasteiger partial charge in [0, 0.05) is 0 Å². The molecule has 138 valence electrons. The SMILES string of the molecule is CC1CCC2(C)C(C=O)=CCCC2C1(C)CC1OC(O)C(=O)C12CO2. The molecule has 7 unspecified atom stereocenters. The number of allylic oxidation sites excluding steroid dienone is 2. The van der Waals surface area contributed by atoms with Gasteiger partial charge < -0.3 is 14.6 Å². The van der Waals surface area contributed by atoms with Gasteiger partial charge in [0.15, 0.2) is 5.60 Å². The Morgan fingerprint density at radius 2 is 2.08 bits per heavy atom. The zero-order valence-electron chi connectivity index (χ0n) is 15.3. The fraction of sp³-hybridized carbons (Fsp3) is 0.800. The normalized spacial score (nSPS) is 52.0. The monoisotopic (exact) mass is 348 g/mol. The number of ether oxygens (including phenoxy) is 2. The summed E-state index contributed by atoms with van der Waals surface area (Å²) >= 11 is 0. The Kier molecular flexibility index (Phi) is 3.81. The van der Waals surface area contributed by atoms with Crippen LogP contribution in [0.25, 0.3) is 0 Å². The molecule has 0 amide bonds. The van der Waals surface area contributed by atoms with E-state index in [0.29, 0.717) is 24.9 Å². The van der Waals surface area contributed by atoms with Crippen molar-refractivity contribution in [1.82, 2.24) is 0 Å². The van der Waals surface area contributed by atoms with E-state index in [2.05, 4.69) is 26.8 Å². The molecule has 0 aromatic rings. The summed E-state index contributed by atoms with van der Waals surface area (Å²) in [6.07, 6.45) is 6.10. The second-order valence-corrected chi connectivity index (χ2v) is 8.99. The summed E-state index contributed by atoms with van der Waals surface area (Å²) < 4.78 is 11.1. The third-order valence-corrected chi connectivity index (χ3v) is 7.93. The van der Waals surface area contributed by atoms with Gasteiger partial charge in [-0.25, -0.2) is 0 Å².